The number of H-pyrrole nitrogens is 1. The molecule has 0 atom stereocenters. The number of benzene rings is 1. The van der Waals surface area contributed by atoms with Crippen LogP contribution in [0.25, 0.3) is 11.1 Å². The molecule has 1 aliphatic carbocycles. The van der Waals surface area contributed by atoms with Gasteiger partial charge in [0, 0.05) is 0 Å². The van der Waals surface area contributed by atoms with E-state index >= 15 is 0 Å². The van der Waals surface area contributed by atoms with Crippen molar-refractivity contribution >= 4 is 16.9 Å². The van der Waals surface area contributed by atoms with Crippen LogP contribution in [0.4, 0.5) is 0 Å². The lowest BCUT2D eigenvalue weighted by Gasteiger charge is -2.10. The maximum Gasteiger partial charge on any atom is 0.417 e. The predicted molar refractivity (Wildman–Crippen MR) is 58.4 cm³/mol. The summed E-state index contributed by atoms with van der Waals surface area (Å²) in [5.41, 5.74) is 1.87. The van der Waals surface area contributed by atoms with Crippen LogP contribution >= 0.6 is 0 Å². The topological polar surface area (TPSA) is 63.1 Å². The van der Waals surface area contributed by atoms with E-state index in [1.165, 1.54) is 0 Å². The van der Waals surface area contributed by atoms with E-state index in [0.29, 0.717) is 11.1 Å². The van der Waals surface area contributed by atoms with Gasteiger partial charge in [-0.2, -0.15) is 0 Å². The second-order valence-electron chi connectivity index (χ2n) is 4.36. The summed E-state index contributed by atoms with van der Waals surface area (Å²) >= 11 is 0. The molecule has 0 bridgehead atoms. The minimum Gasteiger partial charge on any atom is -0.408 e. The van der Waals surface area contributed by atoms with Crippen LogP contribution in [0.3, 0.4) is 0 Å². The highest BCUT2D eigenvalue weighted by molar-refractivity contribution is 5.92. The van der Waals surface area contributed by atoms with Crippen molar-refractivity contribution in [1.29, 1.82) is 0 Å². The van der Waals surface area contributed by atoms with E-state index < -0.39 is 5.76 Å². The molecule has 1 aromatic carbocycles. The molecule has 1 saturated carbocycles. The van der Waals surface area contributed by atoms with Crippen molar-refractivity contribution in [3.05, 3.63) is 34.3 Å². The van der Waals surface area contributed by atoms with Crippen molar-refractivity contribution in [1.82, 2.24) is 4.98 Å². The van der Waals surface area contributed by atoms with Crippen molar-refractivity contribution in [2.75, 3.05) is 0 Å². The number of oxazole rings is 1. The number of Topliss-reactive ketones (excluding diaryl/α,β-unsaturated/α-hetero) is 1. The summed E-state index contributed by atoms with van der Waals surface area (Å²) in [7, 11) is 0. The van der Waals surface area contributed by atoms with Crippen molar-refractivity contribution in [2.24, 2.45) is 0 Å². The molecule has 0 spiro atoms. The largest absolute Gasteiger partial charge is 0.417 e. The van der Waals surface area contributed by atoms with Gasteiger partial charge in [0.25, 0.3) is 0 Å². The van der Waals surface area contributed by atoms with Gasteiger partial charge in [0.1, 0.15) is 5.78 Å². The fourth-order valence-electron chi connectivity index (χ4n) is 2.22. The number of carbonyl (C=O) groups is 1. The van der Waals surface area contributed by atoms with E-state index in [1.54, 1.807) is 13.0 Å². The fraction of sp³-hybridized carbons (Fsp3) is 0.333. The number of aromatic nitrogens is 1. The first-order valence-electron chi connectivity index (χ1n) is 5.26. The Bertz CT molecular complexity index is 631. The Morgan fingerprint density at radius 1 is 1.44 bits per heavy atom. The first-order chi connectivity index (χ1) is 7.62. The number of fused-ring (bicyclic) bond motifs is 1. The highest BCUT2D eigenvalue weighted by Gasteiger charge is 2.48. The molecule has 0 unspecified atom stereocenters. The summed E-state index contributed by atoms with van der Waals surface area (Å²) in [4.78, 5) is 25.2. The molecule has 16 heavy (non-hydrogen) atoms. The minimum atomic E-state index is -0.458. The quantitative estimate of drug-likeness (QED) is 0.833. The Morgan fingerprint density at radius 2 is 2.19 bits per heavy atom. The van der Waals surface area contributed by atoms with E-state index in [-0.39, 0.29) is 11.2 Å². The van der Waals surface area contributed by atoms with E-state index in [4.69, 9.17) is 4.42 Å². The highest BCUT2D eigenvalue weighted by atomic mass is 16.4. The average molecular weight is 217 g/mol. The van der Waals surface area contributed by atoms with Crippen LogP contribution in [-0.4, -0.2) is 10.8 Å². The van der Waals surface area contributed by atoms with Gasteiger partial charge in [-0.15, -0.1) is 0 Å². The number of aromatic amines is 1. The lowest BCUT2D eigenvalue weighted by molar-refractivity contribution is -0.119. The molecule has 1 fully saturated rings. The average Bonchev–Trinajstić information content (AvgIpc) is 2.95. The van der Waals surface area contributed by atoms with Gasteiger partial charge in [-0.05, 0) is 37.5 Å². The molecule has 4 heteroatoms. The van der Waals surface area contributed by atoms with Crippen LogP contribution in [0.1, 0.15) is 25.3 Å². The Balaban J connectivity index is 2.19. The van der Waals surface area contributed by atoms with E-state index in [1.807, 2.05) is 12.1 Å². The standard InChI is InChI=1S/C12H11NO3/c1-7(14)12(4-5-12)8-2-3-10-9(6-8)13-11(15)16-10/h2-3,6H,4-5H2,1H3,(H,13,15). The number of ketones is 1. The van der Waals surface area contributed by atoms with E-state index in [9.17, 15) is 9.59 Å². The maximum absolute atomic E-state index is 11.6. The van der Waals surface area contributed by atoms with Crippen LogP contribution in [0.2, 0.25) is 0 Å². The first kappa shape index (κ1) is 9.39. The molecular formula is C12H11NO3. The predicted octanol–water partition coefficient (Wildman–Crippen LogP) is 1.74. The molecule has 3 rings (SSSR count). The van der Waals surface area contributed by atoms with Crippen LogP contribution in [0.15, 0.2) is 27.4 Å². The Kier molecular flexibility index (Phi) is 1.67. The molecule has 0 radical (unpaired) electrons. The fourth-order valence-corrected chi connectivity index (χ4v) is 2.22. The molecule has 0 saturated heterocycles. The van der Waals surface area contributed by atoms with Crippen LogP contribution in [-0.2, 0) is 10.2 Å². The van der Waals surface area contributed by atoms with Crippen molar-refractivity contribution < 1.29 is 9.21 Å². The SMILES string of the molecule is CC(=O)C1(c2ccc3oc(=O)[nH]c3c2)CC1. The third kappa shape index (κ3) is 1.16. The molecule has 2 aromatic rings. The third-order valence-electron chi connectivity index (χ3n) is 3.40. The molecule has 1 aliphatic rings. The van der Waals surface area contributed by atoms with Gasteiger partial charge >= 0.3 is 5.76 Å². The Hall–Kier alpha value is -1.84. The van der Waals surface area contributed by atoms with Gasteiger partial charge in [-0.25, -0.2) is 4.79 Å². The van der Waals surface area contributed by atoms with E-state index in [2.05, 4.69) is 4.98 Å². The van der Waals surface area contributed by atoms with Crippen LogP contribution < -0.4 is 5.76 Å². The molecule has 1 heterocycles. The number of rotatable bonds is 2. The van der Waals surface area contributed by atoms with Crippen molar-refractivity contribution in [2.45, 2.75) is 25.2 Å². The molecule has 82 valence electrons. The third-order valence-corrected chi connectivity index (χ3v) is 3.40. The number of hydrogen-bond donors (Lipinski definition) is 1. The van der Waals surface area contributed by atoms with Crippen LogP contribution in [0.5, 0.6) is 0 Å². The zero-order valence-corrected chi connectivity index (χ0v) is 8.87. The minimum absolute atomic E-state index is 0.192. The van der Waals surface area contributed by atoms with E-state index in [0.717, 1.165) is 18.4 Å². The van der Waals surface area contributed by atoms with Gasteiger partial charge in [0.2, 0.25) is 0 Å². The Morgan fingerprint density at radius 3 is 2.81 bits per heavy atom. The summed E-state index contributed by atoms with van der Waals surface area (Å²) in [6, 6.07) is 5.45. The zero-order valence-electron chi connectivity index (χ0n) is 8.87. The highest BCUT2D eigenvalue weighted by Crippen LogP contribution is 2.49. The summed E-state index contributed by atoms with van der Waals surface area (Å²) in [6.45, 7) is 1.62. The van der Waals surface area contributed by atoms with Crippen molar-refractivity contribution in [3.8, 4) is 0 Å². The summed E-state index contributed by atoms with van der Waals surface area (Å²) < 4.78 is 4.92. The van der Waals surface area contributed by atoms with Gasteiger partial charge in [-0.3, -0.25) is 9.78 Å². The lowest BCUT2D eigenvalue weighted by atomic mass is 9.92. The first-order valence-corrected chi connectivity index (χ1v) is 5.26. The van der Waals surface area contributed by atoms with Crippen LogP contribution in [0, 0.1) is 0 Å². The smallest absolute Gasteiger partial charge is 0.408 e. The van der Waals surface area contributed by atoms with Gasteiger partial charge in [-0.1, -0.05) is 6.07 Å². The molecule has 0 amide bonds. The van der Waals surface area contributed by atoms with Gasteiger partial charge in [0.15, 0.2) is 5.58 Å². The zero-order chi connectivity index (χ0) is 11.3. The van der Waals surface area contributed by atoms with Gasteiger partial charge in [0.05, 0.1) is 10.9 Å². The molecule has 4 nitrogen and oxygen atoms in total. The molecule has 1 aromatic heterocycles. The molecule has 1 N–H and O–H groups in total. The summed E-state index contributed by atoms with van der Waals surface area (Å²) in [5, 5.41) is 0. The number of hydrogen-bond acceptors (Lipinski definition) is 3. The molecule has 0 aliphatic heterocycles. The normalized spacial score (nSPS) is 17.6. The Labute approximate surface area is 91.3 Å². The monoisotopic (exact) mass is 217 g/mol. The number of nitrogens with one attached hydrogen (secondary N) is 1. The summed E-state index contributed by atoms with van der Waals surface area (Å²) in [6.07, 6.45) is 1.80. The lowest BCUT2D eigenvalue weighted by Crippen LogP contribution is -2.16. The maximum atomic E-state index is 11.6. The van der Waals surface area contributed by atoms with Gasteiger partial charge < -0.3 is 4.42 Å². The molecular weight excluding hydrogens is 206 g/mol. The van der Waals surface area contributed by atoms with Crippen molar-refractivity contribution in [3.63, 3.8) is 0 Å². The summed E-state index contributed by atoms with van der Waals surface area (Å²) in [5.74, 6) is -0.266. The second-order valence-corrected chi connectivity index (χ2v) is 4.36. The number of carbonyl (C=O) groups excluding carboxylic acids is 1. The second kappa shape index (κ2) is 2.84.